The molecular weight excluding hydrogens is 260 g/mol. The summed E-state index contributed by atoms with van der Waals surface area (Å²) in [5, 5.41) is 3.41. The van der Waals surface area contributed by atoms with Gasteiger partial charge >= 0.3 is 0 Å². The van der Waals surface area contributed by atoms with Crippen LogP contribution in [0.2, 0.25) is 0 Å². The third-order valence-electron chi connectivity index (χ3n) is 4.36. The molecule has 1 aromatic rings. The summed E-state index contributed by atoms with van der Waals surface area (Å²) in [6.07, 6.45) is 4.64. The van der Waals surface area contributed by atoms with Gasteiger partial charge in [-0.05, 0) is 44.9 Å². The first-order chi connectivity index (χ1) is 10.1. The highest BCUT2D eigenvalue weighted by molar-refractivity contribution is 5.95. The van der Waals surface area contributed by atoms with E-state index >= 15 is 0 Å². The van der Waals surface area contributed by atoms with Crippen LogP contribution in [-0.2, 0) is 0 Å². The van der Waals surface area contributed by atoms with Crippen LogP contribution in [0.25, 0.3) is 0 Å². The van der Waals surface area contributed by atoms with Crippen LogP contribution in [-0.4, -0.2) is 36.0 Å². The molecule has 21 heavy (non-hydrogen) atoms. The standard InChI is InChI=1S/C15H20N2O.C3H8/c1-12-3-5-13(6-4-12)14(18)17-10-2-7-15(17)8-9-16-11-15;1-3-2/h3-6,16H,2,7-11H2,1H3;3H2,1-2H3. The van der Waals surface area contributed by atoms with Gasteiger partial charge < -0.3 is 10.2 Å². The number of amides is 1. The first kappa shape index (κ1) is 16.0. The van der Waals surface area contributed by atoms with Crippen LogP contribution in [0.1, 0.15) is 55.5 Å². The lowest BCUT2D eigenvalue weighted by atomic mass is 9.94. The summed E-state index contributed by atoms with van der Waals surface area (Å²) in [6.45, 7) is 9.21. The second-order valence-electron chi connectivity index (χ2n) is 6.28. The molecule has 3 rings (SSSR count). The summed E-state index contributed by atoms with van der Waals surface area (Å²) in [5.41, 5.74) is 2.13. The van der Waals surface area contributed by atoms with Crippen LogP contribution in [0.15, 0.2) is 24.3 Å². The zero-order chi connectivity index (χ0) is 15.3. The molecule has 0 saturated carbocycles. The maximum atomic E-state index is 12.6. The number of benzene rings is 1. The van der Waals surface area contributed by atoms with Gasteiger partial charge in [-0.2, -0.15) is 0 Å². The number of aryl methyl sites for hydroxylation is 1. The maximum absolute atomic E-state index is 12.6. The SMILES string of the molecule is CCC.Cc1ccc(C(=O)N2CCCC23CCNC3)cc1. The molecule has 0 aliphatic carbocycles. The van der Waals surface area contributed by atoms with Gasteiger partial charge in [-0.25, -0.2) is 0 Å². The van der Waals surface area contributed by atoms with E-state index in [4.69, 9.17) is 0 Å². The van der Waals surface area contributed by atoms with E-state index in [1.54, 1.807) is 0 Å². The quantitative estimate of drug-likeness (QED) is 0.859. The Balaban J connectivity index is 0.000000497. The number of carbonyl (C=O) groups excluding carboxylic acids is 1. The van der Waals surface area contributed by atoms with Crippen LogP contribution in [0.5, 0.6) is 0 Å². The number of hydrogen-bond acceptors (Lipinski definition) is 2. The van der Waals surface area contributed by atoms with Crippen LogP contribution in [0.4, 0.5) is 0 Å². The third-order valence-corrected chi connectivity index (χ3v) is 4.36. The second-order valence-corrected chi connectivity index (χ2v) is 6.28. The average molecular weight is 288 g/mol. The van der Waals surface area contributed by atoms with Crippen LogP contribution in [0, 0.1) is 6.92 Å². The second kappa shape index (κ2) is 7.08. The zero-order valence-electron chi connectivity index (χ0n) is 13.6. The first-order valence-electron chi connectivity index (χ1n) is 8.22. The molecule has 3 heteroatoms. The summed E-state index contributed by atoms with van der Waals surface area (Å²) in [4.78, 5) is 14.7. The van der Waals surface area contributed by atoms with E-state index < -0.39 is 0 Å². The summed E-state index contributed by atoms with van der Waals surface area (Å²) in [5.74, 6) is 0.205. The molecule has 3 nitrogen and oxygen atoms in total. The van der Waals surface area contributed by atoms with Crippen molar-refractivity contribution in [3.05, 3.63) is 35.4 Å². The number of nitrogens with zero attached hydrogens (tertiary/aromatic N) is 1. The molecule has 2 fully saturated rings. The van der Waals surface area contributed by atoms with Crippen molar-refractivity contribution in [3.63, 3.8) is 0 Å². The van der Waals surface area contributed by atoms with Gasteiger partial charge in [-0.15, -0.1) is 0 Å². The topological polar surface area (TPSA) is 32.3 Å². The normalized spacial score (nSPS) is 24.0. The Hall–Kier alpha value is -1.35. The van der Waals surface area contributed by atoms with Gasteiger partial charge in [-0.3, -0.25) is 4.79 Å². The predicted molar refractivity (Wildman–Crippen MR) is 87.6 cm³/mol. The number of rotatable bonds is 1. The summed E-state index contributed by atoms with van der Waals surface area (Å²) >= 11 is 0. The van der Waals surface area contributed by atoms with Crippen molar-refractivity contribution in [3.8, 4) is 0 Å². The van der Waals surface area contributed by atoms with Crippen LogP contribution < -0.4 is 5.32 Å². The predicted octanol–water partition coefficient (Wildman–Crippen LogP) is 3.38. The van der Waals surface area contributed by atoms with Gasteiger partial charge in [0.05, 0.1) is 5.54 Å². The minimum absolute atomic E-state index is 0.0992. The minimum atomic E-state index is 0.0992. The Morgan fingerprint density at radius 2 is 1.90 bits per heavy atom. The Kier molecular flexibility index (Phi) is 5.40. The molecule has 116 valence electrons. The van der Waals surface area contributed by atoms with Crippen molar-refractivity contribution < 1.29 is 4.79 Å². The van der Waals surface area contributed by atoms with E-state index in [0.717, 1.165) is 44.5 Å². The molecule has 2 aliphatic rings. The molecule has 1 spiro atoms. The van der Waals surface area contributed by atoms with Crippen molar-refractivity contribution >= 4 is 5.91 Å². The molecule has 2 heterocycles. The van der Waals surface area contributed by atoms with E-state index in [-0.39, 0.29) is 11.4 Å². The van der Waals surface area contributed by atoms with E-state index in [0.29, 0.717) is 0 Å². The Morgan fingerprint density at radius 3 is 2.48 bits per heavy atom. The highest BCUT2D eigenvalue weighted by Crippen LogP contribution is 2.35. The van der Waals surface area contributed by atoms with E-state index in [9.17, 15) is 4.79 Å². The molecule has 0 bridgehead atoms. The Bertz CT molecular complexity index is 455. The van der Waals surface area contributed by atoms with Gasteiger partial charge in [-0.1, -0.05) is 38.0 Å². The maximum Gasteiger partial charge on any atom is 0.254 e. The van der Waals surface area contributed by atoms with Gasteiger partial charge in [0, 0.05) is 18.7 Å². The summed E-state index contributed by atoms with van der Waals surface area (Å²) in [6, 6.07) is 7.93. The van der Waals surface area contributed by atoms with Gasteiger partial charge in [0.15, 0.2) is 0 Å². The monoisotopic (exact) mass is 288 g/mol. The van der Waals surface area contributed by atoms with Gasteiger partial charge in [0.2, 0.25) is 0 Å². The molecule has 2 saturated heterocycles. The van der Waals surface area contributed by atoms with Crippen molar-refractivity contribution in [1.82, 2.24) is 10.2 Å². The molecule has 1 N–H and O–H groups in total. The van der Waals surface area contributed by atoms with Gasteiger partial charge in [0.1, 0.15) is 0 Å². The lowest BCUT2D eigenvalue weighted by Crippen LogP contribution is -2.48. The fraction of sp³-hybridized carbons (Fsp3) is 0.611. The van der Waals surface area contributed by atoms with Crippen LogP contribution >= 0.6 is 0 Å². The van der Waals surface area contributed by atoms with Crippen LogP contribution in [0.3, 0.4) is 0 Å². The van der Waals surface area contributed by atoms with E-state index in [2.05, 4.69) is 24.1 Å². The van der Waals surface area contributed by atoms with Crippen molar-refractivity contribution in [2.45, 2.75) is 52.0 Å². The molecule has 2 aliphatic heterocycles. The van der Waals surface area contributed by atoms with E-state index in [1.807, 2.05) is 31.2 Å². The number of likely N-dealkylation sites (tertiary alicyclic amines) is 1. The van der Waals surface area contributed by atoms with E-state index in [1.165, 1.54) is 12.0 Å². The largest absolute Gasteiger partial charge is 0.332 e. The molecular formula is C18H28N2O. The highest BCUT2D eigenvalue weighted by atomic mass is 16.2. The molecule has 0 radical (unpaired) electrons. The minimum Gasteiger partial charge on any atom is -0.332 e. The van der Waals surface area contributed by atoms with Crippen molar-refractivity contribution in [2.75, 3.05) is 19.6 Å². The molecule has 1 atom stereocenters. The van der Waals surface area contributed by atoms with Crippen molar-refractivity contribution in [1.29, 1.82) is 0 Å². The number of hydrogen-bond donors (Lipinski definition) is 1. The summed E-state index contributed by atoms with van der Waals surface area (Å²) in [7, 11) is 0. The smallest absolute Gasteiger partial charge is 0.254 e. The Labute approximate surface area is 128 Å². The molecule has 1 amide bonds. The highest BCUT2D eigenvalue weighted by Gasteiger charge is 2.45. The fourth-order valence-electron chi connectivity index (χ4n) is 3.28. The zero-order valence-corrected chi connectivity index (χ0v) is 13.6. The third kappa shape index (κ3) is 3.46. The average Bonchev–Trinajstić information content (AvgIpc) is 3.11. The number of nitrogens with one attached hydrogen (secondary N) is 1. The number of carbonyl (C=O) groups is 1. The molecule has 1 unspecified atom stereocenters. The summed E-state index contributed by atoms with van der Waals surface area (Å²) < 4.78 is 0. The molecule has 1 aromatic carbocycles. The van der Waals surface area contributed by atoms with Gasteiger partial charge in [0.25, 0.3) is 5.91 Å². The van der Waals surface area contributed by atoms with Crippen molar-refractivity contribution in [2.24, 2.45) is 0 Å². The lowest BCUT2D eigenvalue weighted by molar-refractivity contribution is 0.0625. The first-order valence-corrected chi connectivity index (χ1v) is 8.22. The molecule has 0 aromatic heterocycles. The fourth-order valence-corrected chi connectivity index (χ4v) is 3.28. The lowest BCUT2D eigenvalue weighted by Gasteiger charge is -2.34. The Morgan fingerprint density at radius 1 is 1.24 bits per heavy atom.